The van der Waals surface area contributed by atoms with E-state index in [4.69, 9.17) is 4.74 Å². The molecular weight excluding hydrogens is 350 g/mol. The highest BCUT2D eigenvalue weighted by Crippen LogP contribution is 2.29. The first-order valence-corrected chi connectivity index (χ1v) is 10.3. The minimum Gasteiger partial charge on any atom is -0.490 e. The van der Waals surface area contributed by atoms with Gasteiger partial charge in [-0.3, -0.25) is 14.7 Å². The van der Waals surface area contributed by atoms with Crippen molar-refractivity contribution < 1.29 is 9.53 Å². The zero-order chi connectivity index (χ0) is 19.5. The fraction of sp³-hybridized carbons (Fsp3) is 0.478. The van der Waals surface area contributed by atoms with Crippen LogP contribution < -0.4 is 4.74 Å². The van der Waals surface area contributed by atoms with Crippen LogP contribution in [-0.2, 0) is 24.2 Å². The van der Waals surface area contributed by atoms with Gasteiger partial charge in [-0.05, 0) is 49.6 Å². The summed E-state index contributed by atoms with van der Waals surface area (Å²) in [5.41, 5.74) is 4.48. The summed E-state index contributed by atoms with van der Waals surface area (Å²) < 4.78 is 5.76. The number of fused-ring (bicyclic) bond motifs is 1. The van der Waals surface area contributed by atoms with E-state index in [0.29, 0.717) is 6.42 Å². The van der Waals surface area contributed by atoms with Gasteiger partial charge in [0.2, 0.25) is 5.91 Å². The van der Waals surface area contributed by atoms with E-state index < -0.39 is 0 Å². The average molecular weight is 380 g/mol. The van der Waals surface area contributed by atoms with Crippen LogP contribution in [-0.4, -0.2) is 53.0 Å². The molecule has 0 spiro atoms. The van der Waals surface area contributed by atoms with Crippen LogP contribution in [0.4, 0.5) is 0 Å². The van der Waals surface area contributed by atoms with E-state index in [0.717, 1.165) is 68.3 Å². The molecule has 1 aromatic carbocycles. The smallest absolute Gasteiger partial charge is 0.227 e. The lowest BCUT2D eigenvalue weighted by molar-refractivity contribution is -0.130. The highest BCUT2D eigenvalue weighted by molar-refractivity contribution is 5.79. The van der Waals surface area contributed by atoms with E-state index >= 15 is 0 Å². The Morgan fingerprint density at radius 1 is 1.18 bits per heavy atom. The minimum atomic E-state index is 0.224. The fourth-order valence-corrected chi connectivity index (χ4v) is 4.17. The molecule has 0 aliphatic carbocycles. The van der Waals surface area contributed by atoms with Crippen molar-refractivity contribution in [1.82, 2.24) is 14.8 Å². The molecule has 1 amide bonds. The van der Waals surface area contributed by atoms with Gasteiger partial charge in [-0.1, -0.05) is 18.2 Å². The van der Waals surface area contributed by atoms with Crippen LogP contribution in [0, 0.1) is 6.92 Å². The van der Waals surface area contributed by atoms with Crippen molar-refractivity contribution in [3.05, 3.63) is 58.9 Å². The van der Waals surface area contributed by atoms with Crippen LogP contribution in [0.1, 0.15) is 35.9 Å². The fourth-order valence-electron chi connectivity index (χ4n) is 4.17. The Hall–Kier alpha value is -2.40. The first-order chi connectivity index (χ1) is 13.6. The largest absolute Gasteiger partial charge is 0.490 e. The number of carbonyl (C=O) groups is 1. The lowest BCUT2D eigenvalue weighted by Gasteiger charge is -2.22. The van der Waals surface area contributed by atoms with E-state index in [9.17, 15) is 4.79 Å². The summed E-state index contributed by atoms with van der Waals surface area (Å²) in [6.45, 7) is 8.49. The maximum atomic E-state index is 12.9. The lowest BCUT2D eigenvalue weighted by Crippen LogP contribution is -2.36. The maximum absolute atomic E-state index is 12.9. The van der Waals surface area contributed by atoms with Crippen LogP contribution in [0.3, 0.4) is 0 Å². The second kappa shape index (κ2) is 8.31. The highest BCUT2D eigenvalue weighted by atomic mass is 16.5. The molecule has 2 aromatic rings. The molecular formula is C23H29N3O2. The number of hydrogen-bond acceptors (Lipinski definition) is 4. The third kappa shape index (κ3) is 4.53. The molecule has 1 saturated heterocycles. The van der Waals surface area contributed by atoms with Gasteiger partial charge in [0, 0.05) is 44.8 Å². The number of aromatic nitrogens is 1. The minimum absolute atomic E-state index is 0.224. The number of hydrogen-bond donors (Lipinski definition) is 0. The van der Waals surface area contributed by atoms with Gasteiger partial charge in [0.25, 0.3) is 0 Å². The van der Waals surface area contributed by atoms with Crippen molar-refractivity contribution in [2.75, 3.05) is 26.2 Å². The molecule has 0 saturated carbocycles. The van der Waals surface area contributed by atoms with Crippen molar-refractivity contribution in [2.24, 2.45) is 0 Å². The van der Waals surface area contributed by atoms with Crippen molar-refractivity contribution in [2.45, 2.75) is 45.8 Å². The summed E-state index contributed by atoms with van der Waals surface area (Å²) in [6, 6.07) is 12.4. The number of pyridine rings is 1. The second-order valence-corrected chi connectivity index (χ2v) is 8.03. The number of carbonyl (C=O) groups excluding carboxylic acids is 1. The van der Waals surface area contributed by atoms with Crippen LogP contribution >= 0.6 is 0 Å². The third-order valence-electron chi connectivity index (χ3n) is 5.59. The summed E-state index contributed by atoms with van der Waals surface area (Å²) >= 11 is 0. The van der Waals surface area contributed by atoms with Gasteiger partial charge >= 0.3 is 0 Å². The summed E-state index contributed by atoms with van der Waals surface area (Å²) in [5, 5.41) is 0. The number of rotatable bonds is 4. The zero-order valence-electron chi connectivity index (χ0n) is 16.9. The molecule has 4 rings (SSSR count). The van der Waals surface area contributed by atoms with Crippen LogP contribution in [0.2, 0.25) is 0 Å². The van der Waals surface area contributed by atoms with Crippen molar-refractivity contribution >= 4 is 5.91 Å². The average Bonchev–Trinajstić information content (AvgIpc) is 2.87. The van der Waals surface area contributed by atoms with Gasteiger partial charge in [-0.2, -0.15) is 0 Å². The zero-order valence-corrected chi connectivity index (χ0v) is 16.9. The lowest BCUT2D eigenvalue weighted by atomic mass is 10.0. The van der Waals surface area contributed by atoms with E-state index in [1.807, 2.05) is 30.0 Å². The first kappa shape index (κ1) is 18.9. The Morgan fingerprint density at radius 3 is 2.93 bits per heavy atom. The Labute approximate surface area is 167 Å². The molecule has 148 valence electrons. The van der Waals surface area contributed by atoms with E-state index in [1.54, 1.807) is 0 Å². The molecule has 3 heterocycles. The maximum Gasteiger partial charge on any atom is 0.227 e. The van der Waals surface area contributed by atoms with Gasteiger partial charge in [-0.15, -0.1) is 0 Å². The highest BCUT2D eigenvalue weighted by Gasteiger charge is 2.22. The molecule has 2 aliphatic rings. The van der Waals surface area contributed by atoms with Crippen LogP contribution in [0.5, 0.6) is 5.75 Å². The second-order valence-electron chi connectivity index (χ2n) is 8.03. The normalized spacial score (nSPS) is 19.8. The number of benzene rings is 1. The quantitative estimate of drug-likeness (QED) is 0.819. The molecule has 5 nitrogen and oxygen atoms in total. The van der Waals surface area contributed by atoms with Crippen molar-refractivity contribution in [3.8, 4) is 5.75 Å². The molecule has 1 aromatic heterocycles. The summed E-state index contributed by atoms with van der Waals surface area (Å²) in [7, 11) is 0. The predicted octanol–water partition coefficient (Wildman–Crippen LogP) is 2.99. The van der Waals surface area contributed by atoms with Crippen LogP contribution in [0.25, 0.3) is 0 Å². The molecule has 1 atom stereocenters. The molecule has 1 fully saturated rings. The monoisotopic (exact) mass is 379 g/mol. The van der Waals surface area contributed by atoms with Crippen molar-refractivity contribution in [3.63, 3.8) is 0 Å². The number of amides is 1. The SMILES string of the molecule is Cc1cccc(CN2CCCN(C(=O)Cc3ccc4c(c3)CC(C)O4)CC2)n1. The van der Waals surface area contributed by atoms with Gasteiger partial charge in [-0.25, -0.2) is 0 Å². The van der Waals surface area contributed by atoms with Crippen LogP contribution in [0.15, 0.2) is 36.4 Å². The first-order valence-electron chi connectivity index (χ1n) is 10.3. The van der Waals surface area contributed by atoms with Gasteiger partial charge in [0.1, 0.15) is 11.9 Å². The summed E-state index contributed by atoms with van der Waals surface area (Å²) in [4.78, 5) is 21.9. The van der Waals surface area contributed by atoms with E-state index in [-0.39, 0.29) is 12.0 Å². The topological polar surface area (TPSA) is 45.7 Å². The standard InChI is InChI=1S/C23H29N3O2/c1-17-5-3-6-21(24-17)16-25-9-4-10-26(12-11-25)23(27)15-19-7-8-22-20(14-19)13-18(2)28-22/h3,5-8,14,18H,4,9-13,15-16H2,1-2H3. The Kier molecular flexibility index (Phi) is 5.62. The van der Waals surface area contributed by atoms with Crippen molar-refractivity contribution in [1.29, 1.82) is 0 Å². The molecule has 0 radical (unpaired) electrons. The molecule has 2 aliphatic heterocycles. The van der Waals surface area contributed by atoms with E-state index in [1.165, 1.54) is 5.56 Å². The molecule has 0 bridgehead atoms. The molecule has 0 N–H and O–H groups in total. The Balaban J connectivity index is 1.33. The molecule has 28 heavy (non-hydrogen) atoms. The summed E-state index contributed by atoms with van der Waals surface area (Å²) in [6.07, 6.45) is 2.65. The van der Waals surface area contributed by atoms with Gasteiger partial charge < -0.3 is 9.64 Å². The summed E-state index contributed by atoms with van der Waals surface area (Å²) in [5.74, 6) is 1.20. The predicted molar refractivity (Wildman–Crippen MR) is 109 cm³/mol. The van der Waals surface area contributed by atoms with E-state index in [2.05, 4.69) is 35.0 Å². The third-order valence-corrected chi connectivity index (χ3v) is 5.59. The number of ether oxygens (including phenoxy) is 1. The van der Waals surface area contributed by atoms with Gasteiger partial charge in [0.05, 0.1) is 12.1 Å². The molecule has 1 unspecified atom stereocenters. The number of nitrogens with zero attached hydrogens (tertiary/aromatic N) is 3. The van der Waals surface area contributed by atoms with Gasteiger partial charge in [0.15, 0.2) is 0 Å². The Bertz CT molecular complexity index is 851. The molecule has 5 heteroatoms. The number of aryl methyl sites for hydroxylation is 1. The Morgan fingerprint density at radius 2 is 2.07 bits per heavy atom.